The summed E-state index contributed by atoms with van der Waals surface area (Å²) in [7, 11) is -3.44. The van der Waals surface area contributed by atoms with E-state index < -0.39 is 10.0 Å². The van der Waals surface area contributed by atoms with Crippen LogP contribution in [0.1, 0.15) is 36.2 Å². The molecule has 6 nitrogen and oxygen atoms in total. The minimum absolute atomic E-state index is 0.0808. The molecule has 1 aliphatic rings. The second-order valence-corrected chi connectivity index (χ2v) is 8.78. The van der Waals surface area contributed by atoms with Gasteiger partial charge in [0.2, 0.25) is 0 Å². The lowest BCUT2D eigenvalue weighted by molar-refractivity contribution is 0.0922. The van der Waals surface area contributed by atoms with Gasteiger partial charge in [0.25, 0.3) is 15.9 Å². The van der Waals surface area contributed by atoms with Crippen molar-refractivity contribution in [2.45, 2.75) is 35.9 Å². The zero-order chi connectivity index (χ0) is 17.0. The van der Waals surface area contributed by atoms with Gasteiger partial charge >= 0.3 is 0 Å². The lowest BCUT2D eigenvalue weighted by atomic mass is 10.0. The van der Waals surface area contributed by atoms with Crippen LogP contribution in [0.25, 0.3) is 0 Å². The number of carbonyl (C=O) groups is 1. The molecule has 1 amide bonds. The molecule has 1 N–H and O–H groups in total. The second kappa shape index (κ2) is 7.50. The van der Waals surface area contributed by atoms with E-state index in [1.807, 2.05) is 0 Å². The Morgan fingerprint density at radius 3 is 2.92 bits per heavy atom. The van der Waals surface area contributed by atoms with Gasteiger partial charge in [0.05, 0.1) is 6.26 Å². The zero-order valence-electron chi connectivity index (χ0n) is 13.2. The van der Waals surface area contributed by atoms with E-state index in [2.05, 4.69) is 5.32 Å². The number of nitrogens with zero attached hydrogens (tertiary/aromatic N) is 1. The predicted molar refractivity (Wildman–Crippen MR) is 91.5 cm³/mol. The molecule has 130 valence electrons. The Kier molecular flexibility index (Phi) is 5.37. The summed E-state index contributed by atoms with van der Waals surface area (Å²) in [5.41, 5.74) is 0. The molecule has 0 spiro atoms. The third-order valence-corrected chi connectivity index (χ3v) is 7.46. The molecule has 0 aliphatic carbocycles. The first-order valence-electron chi connectivity index (χ1n) is 7.96. The van der Waals surface area contributed by atoms with Crippen LogP contribution in [-0.4, -0.2) is 37.8 Å². The third kappa shape index (κ3) is 3.71. The molecule has 0 bridgehead atoms. The van der Waals surface area contributed by atoms with Gasteiger partial charge in [-0.05, 0) is 42.8 Å². The lowest BCUT2D eigenvalue weighted by Gasteiger charge is -2.34. The molecular formula is C16H20N2O4S2. The van der Waals surface area contributed by atoms with E-state index in [4.69, 9.17) is 4.42 Å². The normalized spacial score (nSPS) is 19.2. The molecule has 1 aliphatic heterocycles. The van der Waals surface area contributed by atoms with Crippen LogP contribution in [0.2, 0.25) is 0 Å². The first-order chi connectivity index (χ1) is 11.6. The summed E-state index contributed by atoms with van der Waals surface area (Å²) in [4.78, 5) is 11.9. The van der Waals surface area contributed by atoms with Gasteiger partial charge in [-0.25, -0.2) is 8.42 Å². The van der Waals surface area contributed by atoms with Gasteiger partial charge in [-0.15, -0.1) is 11.3 Å². The van der Waals surface area contributed by atoms with E-state index in [-0.39, 0.29) is 17.7 Å². The van der Waals surface area contributed by atoms with E-state index in [9.17, 15) is 13.2 Å². The molecule has 2 aromatic heterocycles. The smallest absolute Gasteiger partial charge is 0.286 e. The Labute approximate surface area is 145 Å². The molecule has 0 radical (unpaired) electrons. The van der Waals surface area contributed by atoms with Crippen molar-refractivity contribution < 1.29 is 17.6 Å². The van der Waals surface area contributed by atoms with Gasteiger partial charge in [0.1, 0.15) is 4.21 Å². The summed E-state index contributed by atoms with van der Waals surface area (Å²) in [6, 6.07) is 6.57. The molecule has 8 heteroatoms. The number of amides is 1. The van der Waals surface area contributed by atoms with Crippen LogP contribution in [0.15, 0.2) is 44.5 Å². The van der Waals surface area contributed by atoms with E-state index in [0.717, 1.165) is 19.3 Å². The van der Waals surface area contributed by atoms with E-state index in [1.165, 1.54) is 17.6 Å². The van der Waals surface area contributed by atoms with Gasteiger partial charge in [0.15, 0.2) is 5.76 Å². The molecule has 1 atom stereocenters. The van der Waals surface area contributed by atoms with Crippen LogP contribution in [0, 0.1) is 0 Å². The highest BCUT2D eigenvalue weighted by atomic mass is 32.2. The number of rotatable bonds is 6. The molecular weight excluding hydrogens is 348 g/mol. The molecule has 3 heterocycles. The topological polar surface area (TPSA) is 79.6 Å². The first-order valence-corrected chi connectivity index (χ1v) is 10.3. The maximum Gasteiger partial charge on any atom is 0.286 e. The van der Waals surface area contributed by atoms with E-state index >= 15 is 0 Å². The molecule has 2 aromatic rings. The van der Waals surface area contributed by atoms with Gasteiger partial charge < -0.3 is 9.73 Å². The van der Waals surface area contributed by atoms with E-state index in [1.54, 1.807) is 34.0 Å². The monoisotopic (exact) mass is 368 g/mol. The Balaban J connectivity index is 1.62. The zero-order valence-corrected chi connectivity index (χ0v) is 14.8. The third-order valence-electron chi connectivity index (χ3n) is 4.14. The standard InChI is InChI=1S/C16H20N2O4S2/c19-16(14-6-3-11-22-14)17-9-8-13-5-1-2-10-18(13)24(20,21)15-7-4-12-23-15/h3-4,6-7,11-13H,1-2,5,8-10H2,(H,17,19). The minimum atomic E-state index is -3.44. The van der Waals surface area contributed by atoms with Crippen molar-refractivity contribution in [3.63, 3.8) is 0 Å². The fourth-order valence-electron chi connectivity index (χ4n) is 2.95. The van der Waals surface area contributed by atoms with Crippen LogP contribution < -0.4 is 5.32 Å². The minimum Gasteiger partial charge on any atom is -0.459 e. The van der Waals surface area contributed by atoms with Crippen LogP contribution in [-0.2, 0) is 10.0 Å². The van der Waals surface area contributed by atoms with Gasteiger partial charge in [0, 0.05) is 19.1 Å². The number of thiophene rings is 1. The Bertz CT molecular complexity index is 754. The molecule has 1 unspecified atom stereocenters. The molecule has 24 heavy (non-hydrogen) atoms. The Morgan fingerprint density at radius 1 is 1.33 bits per heavy atom. The number of nitrogens with one attached hydrogen (secondary N) is 1. The van der Waals surface area contributed by atoms with Crippen molar-refractivity contribution in [2.75, 3.05) is 13.1 Å². The van der Waals surface area contributed by atoms with Crippen molar-refractivity contribution in [1.82, 2.24) is 9.62 Å². The highest BCUT2D eigenvalue weighted by Gasteiger charge is 2.33. The summed E-state index contributed by atoms with van der Waals surface area (Å²) in [5, 5.41) is 4.56. The number of hydrogen-bond acceptors (Lipinski definition) is 5. The highest BCUT2D eigenvalue weighted by molar-refractivity contribution is 7.91. The van der Waals surface area contributed by atoms with Gasteiger partial charge in [-0.2, -0.15) is 4.31 Å². The Hall–Kier alpha value is -1.64. The summed E-state index contributed by atoms with van der Waals surface area (Å²) in [6.07, 6.45) is 4.75. The SMILES string of the molecule is O=C(NCCC1CCCCN1S(=O)(=O)c1cccs1)c1ccco1. The van der Waals surface area contributed by atoms with Gasteiger partial charge in [-0.1, -0.05) is 12.5 Å². The summed E-state index contributed by atoms with van der Waals surface area (Å²) < 4.78 is 32.6. The van der Waals surface area contributed by atoms with Crippen LogP contribution in [0.3, 0.4) is 0 Å². The van der Waals surface area contributed by atoms with Crippen LogP contribution >= 0.6 is 11.3 Å². The average Bonchev–Trinajstić information content (AvgIpc) is 3.29. The largest absolute Gasteiger partial charge is 0.459 e. The van der Waals surface area contributed by atoms with Gasteiger partial charge in [-0.3, -0.25) is 4.79 Å². The van der Waals surface area contributed by atoms with Crippen molar-refractivity contribution in [2.24, 2.45) is 0 Å². The Morgan fingerprint density at radius 2 is 2.21 bits per heavy atom. The molecule has 1 fully saturated rings. The molecule has 0 saturated carbocycles. The fraction of sp³-hybridized carbons (Fsp3) is 0.438. The molecule has 0 aromatic carbocycles. The predicted octanol–water partition coefficient (Wildman–Crippen LogP) is 2.70. The quantitative estimate of drug-likeness (QED) is 0.850. The number of carbonyl (C=O) groups excluding carboxylic acids is 1. The van der Waals surface area contributed by atoms with Crippen molar-refractivity contribution in [3.05, 3.63) is 41.7 Å². The van der Waals surface area contributed by atoms with Crippen molar-refractivity contribution in [3.8, 4) is 0 Å². The lowest BCUT2D eigenvalue weighted by Crippen LogP contribution is -2.44. The maximum atomic E-state index is 12.8. The summed E-state index contributed by atoms with van der Waals surface area (Å²) in [5.74, 6) is -0.00909. The average molecular weight is 368 g/mol. The highest BCUT2D eigenvalue weighted by Crippen LogP contribution is 2.29. The van der Waals surface area contributed by atoms with E-state index in [0.29, 0.717) is 23.7 Å². The molecule has 1 saturated heterocycles. The first kappa shape index (κ1) is 17.2. The second-order valence-electron chi connectivity index (χ2n) is 5.72. The van der Waals surface area contributed by atoms with Crippen LogP contribution in [0.4, 0.5) is 0 Å². The van der Waals surface area contributed by atoms with Crippen molar-refractivity contribution in [1.29, 1.82) is 0 Å². The van der Waals surface area contributed by atoms with Crippen molar-refractivity contribution >= 4 is 27.3 Å². The number of piperidine rings is 1. The number of hydrogen-bond donors (Lipinski definition) is 1. The summed E-state index contributed by atoms with van der Waals surface area (Å²) in [6.45, 7) is 0.956. The number of furan rings is 1. The fourth-order valence-corrected chi connectivity index (χ4v) is 5.80. The summed E-state index contributed by atoms with van der Waals surface area (Å²) >= 11 is 1.24. The molecule has 3 rings (SSSR count). The number of sulfonamides is 1. The maximum absolute atomic E-state index is 12.8. The van der Waals surface area contributed by atoms with Crippen LogP contribution in [0.5, 0.6) is 0 Å².